The van der Waals surface area contributed by atoms with Crippen LogP contribution in [0.1, 0.15) is 55.5 Å². The van der Waals surface area contributed by atoms with Gasteiger partial charge in [-0.2, -0.15) is 0 Å². The number of nitrogens with zero attached hydrogens (tertiary/aromatic N) is 1. The molecule has 0 bridgehead atoms. The number of methoxy groups -OCH3 is 1. The highest BCUT2D eigenvalue weighted by Crippen LogP contribution is 2.51. The minimum absolute atomic E-state index is 0.0380. The number of hydrogen-bond donors (Lipinski definition) is 3. The number of nitrogens with one attached hydrogen (secondary N) is 1. The fraction of sp³-hybridized carbons (Fsp3) is 0.577. The Morgan fingerprint density at radius 1 is 1.31 bits per heavy atom. The first-order valence-corrected chi connectivity index (χ1v) is 12.3. The number of aliphatic hydroxyl groups is 2. The molecule has 1 aromatic carbocycles. The number of carbonyl (C=O) groups excluding carboxylic acids is 3. The van der Waals surface area contributed by atoms with Gasteiger partial charge in [0.1, 0.15) is 18.5 Å². The molecule has 198 valence electrons. The van der Waals surface area contributed by atoms with Crippen LogP contribution in [0.5, 0.6) is 11.5 Å². The summed E-state index contributed by atoms with van der Waals surface area (Å²) in [4.78, 5) is 39.3. The van der Waals surface area contributed by atoms with Gasteiger partial charge in [-0.25, -0.2) is 0 Å². The van der Waals surface area contributed by atoms with Gasteiger partial charge in [0, 0.05) is 42.8 Å². The van der Waals surface area contributed by atoms with E-state index < -0.39 is 30.1 Å². The standard InChI is InChI=1S/C26H36N2O8/c1-5-21(31)28(8-6-10-35-15(2)3)19-13-18(26(33)27-7-9-29)22-17-11-16(14-30)12-20(34-4)24(17)36-25(22)23(19)32/h11-15,19,22-23,25,29,32H,5-10H2,1-4H3,(H,27,33)/t19-,22+,23+,25+/m1/s1. The Kier molecular flexibility index (Phi) is 9.47. The number of amides is 2. The summed E-state index contributed by atoms with van der Waals surface area (Å²) >= 11 is 0. The van der Waals surface area contributed by atoms with Gasteiger partial charge in [-0.1, -0.05) is 6.92 Å². The zero-order valence-electron chi connectivity index (χ0n) is 21.2. The molecule has 10 nitrogen and oxygen atoms in total. The van der Waals surface area contributed by atoms with Crippen molar-refractivity contribution in [3.63, 3.8) is 0 Å². The monoisotopic (exact) mass is 504 g/mol. The van der Waals surface area contributed by atoms with Crippen LogP contribution in [0.2, 0.25) is 0 Å². The predicted octanol–water partition coefficient (Wildman–Crippen LogP) is 1.18. The molecular weight excluding hydrogens is 468 g/mol. The molecule has 2 aliphatic rings. The highest BCUT2D eigenvalue weighted by atomic mass is 16.5. The maximum atomic E-state index is 13.2. The Morgan fingerprint density at radius 2 is 2.06 bits per heavy atom. The molecule has 3 rings (SSSR count). The number of rotatable bonds is 12. The second-order valence-electron chi connectivity index (χ2n) is 9.12. The fourth-order valence-electron chi connectivity index (χ4n) is 4.76. The van der Waals surface area contributed by atoms with Gasteiger partial charge in [0.2, 0.25) is 11.8 Å². The Bertz CT molecular complexity index is 992. The fourth-order valence-corrected chi connectivity index (χ4v) is 4.76. The van der Waals surface area contributed by atoms with Crippen LogP contribution in [-0.2, 0) is 14.3 Å². The van der Waals surface area contributed by atoms with E-state index in [2.05, 4.69) is 5.32 Å². The van der Waals surface area contributed by atoms with E-state index in [0.29, 0.717) is 54.1 Å². The molecule has 1 aliphatic carbocycles. The topological polar surface area (TPSA) is 135 Å². The molecule has 36 heavy (non-hydrogen) atoms. The van der Waals surface area contributed by atoms with Gasteiger partial charge in [0.05, 0.1) is 31.8 Å². The van der Waals surface area contributed by atoms with Gasteiger partial charge in [-0.05, 0) is 38.5 Å². The summed E-state index contributed by atoms with van der Waals surface area (Å²) in [5, 5.41) is 23.3. The lowest BCUT2D eigenvalue weighted by molar-refractivity contribution is -0.137. The summed E-state index contributed by atoms with van der Waals surface area (Å²) in [7, 11) is 1.44. The van der Waals surface area contributed by atoms with Crippen molar-refractivity contribution in [3.8, 4) is 11.5 Å². The van der Waals surface area contributed by atoms with Crippen molar-refractivity contribution >= 4 is 18.1 Å². The Balaban J connectivity index is 2.04. The number of hydrogen-bond acceptors (Lipinski definition) is 8. The van der Waals surface area contributed by atoms with Crippen molar-refractivity contribution in [1.29, 1.82) is 0 Å². The number of aliphatic hydroxyl groups excluding tert-OH is 2. The zero-order valence-corrected chi connectivity index (χ0v) is 21.2. The lowest BCUT2D eigenvalue weighted by Crippen LogP contribution is -2.56. The molecule has 0 unspecified atom stereocenters. The van der Waals surface area contributed by atoms with Crippen molar-refractivity contribution in [3.05, 3.63) is 34.9 Å². The largest absolute Gasteiger partial charge is 0.493 e. The molecule has 0 saturated carbocycles. The third kappa shape index (κ3) is 5.71. The van der Waals surface area contributed by atoms with Crippen LogP contribution in [0, 0.1) is 0 Å². The number of ether oxygens (including phenoxy) is 3. The first-order chi connectivity index (χ1) is 17.3. The van der Waals surface area contributed by atoms with E-state index in [4.69, 9.17) is 14.2 Å². The third-order valence-electron chi connectivity index (χ3n) is 6.39. The number of benzene rings is 1. The minimum atomic E-state index is -1.15. The van der Waals surface area contributed by atoms with E-state index in [1.807, 2.05) is 13.8 Å². The molecule has 0 saturated heterocycles. The van der Waals surface area contributed by atoms with Gasteiger partial charge in [0.25, 0.3) is 0 Å². The Morgan fingerprint density at radius 3 is 2.67 bits per heavy atom. The van der Waals surface area contributed by atoms with Crippen molar-refractivity contribution in [2.45, 2.75) is 63.9 Å². The molecule has 3 N–H and O–H groups in total. The van der Waals surface area contributed by atoms with E-state index in [1.165, 1.54) is 13.2 Å². The molecular formula is C26H36N2O8. The highest BCUT2D eigenvalue weighted by molar-refractivity contribution is 5.96. The van der Waals surface area contributed by atoms with Crippen molar-refractivity contribution < 1.29 is 38.8 Å². The molecule has 0 fully saturated rings. The maximum Gasteiger partial charge on any atom is 0.247 e. The van der Waals surface area contributed by atoms with Crippen molar-refractivity contribution in [1.82, 2.24) is 10.2 Å². The molecule has 10 heteroatoms. The summed E-state index contributed by atoms with van der Waals surface area (Å²) in [6, 6.07) is 2.33. The lowest BCUT2D eigenvalue weighted by atomic mass is 9.77. The smallest absolute Gasteiger partial charge is 0.247 e. The molecule has 0 spiro atoms. The minimum Gasteiger partial charge on any atom is -0.493 e. The number of aldehydes is 1. The van der Waals surface area contributed by atoms with Crippen LogP contribution in [0.15, 0.2) is 23.8 Å². The molecule has 2 amide bonds. The molecule has 1 heterocycles. The lowest BCUT2D eigenvalue weighted by Gasteiger charge is -2.40. The SMILES string of the molecule is CCC(=O)N(CCCOC(C)C)[C@@H]1C=C(C(=O)NCCO)[C@@H]2c3cc(C=O)cc(OC)c3O[C@@H]2[C@H]1O. The number of fused-ring (bicyclic) bond motifs is 3. The summed E-state index contributed by atoms with van der Waals surface area (Å²) in [5.74, 6) is -0.659. The summed E-state index contributed by atoms with van der Waals surface area (Å²) in [6.45, 7) is 6.17. The third-order valence-corrected chi connectivity index (χ3v) is 6.39. The molecule has 0 aromatic heterocycles. The van der Waals surface area contributed by atoms with Gasteiger partial charge in [-0.15, -0.1) is 0 Å². The Labute approximate surface area is 211 Å². The van der Waals surface area contributed by atoms with Gasteiger partial charge in [0.15, 0.2) is 11.5 Å². The molecule has 1 aromatic rings. The van der Waals surface area contributed by atoms with Crippen LogP contribution in [0.25, 0.3) is 0 Å². The van der Waals surface area contributed by atoms with E-state index in [0.717, 1.165) is 0 Å². The van der Waals surface area contributed by atoms with Crippen molar-refractivity contribution in [2.24, 2.45) is 0 Å². The summed E-state index contributed by atoms with van der Waals surface area (Å²) in [5.41, 5.74) is 1.18. The van der Waals surface area contributed by atoms with E-state index >= 15 is 0 Å². The van der Waals surface area contributed by atoms with Crippen LogP contribution < -0.4 is 14.8 Å². The van der Waals surface area contributed by atoms with Gasteiger partial charge >= 0.3 is 0 Å². The zero-order chi connectivity index (χ0) is 26.4. The quantitative estimate of drug-likeness (QED) is 0.285. The summed E-state index contributed by atoms with van der Waals surface area (Å²) < 4.78 is 17.2. The average Bonchev–Trinajstić information content (AvgIpc) is 3.26. The Hall–Kier alpha value is -2.95. The maximum absolute atomic E-state index is 13.2. The second kappa shape index (κ2) is 12.3. The average molecular weight is 505 g/mol. The van der Waals surface area contributed by atoms with Crippen LogP contribution >= 0.6 is 0 Å². The number of carbonyl (C=O) groups is 3. The first kappa shape index (κ1) is 27.6. The van der Waals surface area contributed by atoms with Crippen LogP contribution in [-0.4, -0.2) is 91.0 Å². The van der Waals surface area contributed by atoms with Crippen LogP contribution in [0.4, 0.5) is 0 Å². The van der Waals surface area contributed by atoms with Crippen LogP contribution in [0.3, 0.4) is 0 Å². The normalized spacial score (nSPS) is 22.2. The summed E-state index contributed by atoms with van der Waals surface area (Å²) in [6.07, 6.45) is 1.07. The molecule has 4 atom stereocenters. The first-order valence-electron chi connectivity index (χ1n) is 12.3. The molecule has 1 aliphatic heterocycles. The highest BCUT2D eigenvalue weighted by Gasteiger charge is 2.51. The predicted molar refractivity (Wildman–Crippen MR) is 131 cm³/mol. The van der Waals surface area contributed by atoms with E-state index in [1.54, 1.807) is 24.0 Å². The van der Waals surface area contributed by atoms with Gasteiger partial charge < -0.3 is 34.6 Å². The van der Waals surface area contributed by atoms with Crippen molar-refractivity contribution in [2.75, 3.05) is 33.4 Å². The second-order valence-corrected chi connectivity index (χ2v) is 9.12. The van der Waals surface area contributed by atoms with Gasteiger partial charge in [-0.3, -0.25) is 14.4 Å². The van der Waals surface area contributed by atoms with E-state index in [-0.39, 0.29) is 31.6 Å². The molecule has 0 radical (unpaired) electrons. The van der Waals surface area contributed by atoms with E-state index in [9.17, 15) is 24.6 Å².